The molecule has 0 N–H and O–H groups in total. The summed E-state index contributed by atoms with van der Waals surface area (Å²) >= 11 is 0. The molecule has 0 saturated carbocycles. The number of carbonyl (C=O) groups is 1. The molecule has 0 amide bonds. The molecule has 2 bridgehead atoms. The minimum absolute atomic E-state index is 0.0934. The van der Waals surface area contributed by atoms with Crippen molar-refractivity contribution >= 4 is 5.78 Å². The van der Waals surface area contributed by atoms with E-state index in [1.807, 2.05) is 42.5 Å². The molecule has 2 aliphatic heterocycles. The molecule has 24 heavy (non-hydrogen) atoms. The predicted molar refractivity (Wildman–Crippen MR) is 85.3 cm³/mol. The molecule has 0 aliphatic carbocycles. The van der Waals surface area contributed by atoms with Crippen LogP contribution in [0, 0.1) is 0 Å². The molecule has 0 radical (unpaired) electrons. The summed E-state index contributed by atoms with van der Waals surface area (Å²) in [5.74, 6) is -1.42. The molecule has 5 nitrogen and oxygen atoms in total. The van der Waals surface area contributed by atoms with Crippen molar-refractivity contribution in [1.29, 1.82) is 0 Å². The SMILES string of the molecule is CO[C@@]12O[C@@H](COCc3ccccc3)[C@@H](O1)C(=O)c1ccccc12. The van der Waals surface area contributed by atoms with Gasteiger partial charge in [0.2, 0.25) is 0 Å². The molecule has 0 spiro atoms. The third kappa shape index (κ3) is 2.46. The number of fused-ring (bicyclic) bond motifs is 4. The maximum Gasteiger partial charge on any atom is 0.313 e. The second-order valence-electron chi connectivity index (χ2n) is 5.87. The number of hydrogen-bond acceptors (Lipinski definition) is 5. The quantitative estimate of drug-likeness (QED) is 0.845. The first-order valence-electron chi connectivity index (χ1n) is 7.90. The first-order chi connectivity index (χ1) is 11.7. The maximum atomic E-state index is 12.7. The molecule has 1 saturated heterocycles. The van der Waals surface area contributed by atoms with Crippen molar-refractivity contribution in [3.05, 3.63) is 71.3 Å². The van der Waals surface area contributed by atoms with Crippen LogP contribution in [0.3, 0.4) is 0 Å². The molecule has 2 aromatic carbocycles. The van der Waals surface area contributed by atoms with Crippen LogP contribution in [0.25, 0.3) is 0 Å². The number of benzene rings is 2. The van der Waals surface area contributed by atoms with E-state index in [0.717, 1.165) is 5.56 Å². The summed E-state index contributed by atoms with van der Waals surface area (Å²) in [6.45, 7) is 0.707. The van der Waals surface area contributed by atoms with Crippen LogP contribution in [0.5, 0.6) is 0 Å². The van der Waals surface area contributed by atoms with Gasteiger partial charge in [-0.05, 0) is 5.56 Å². The smallest absolute Gasteiger partial charge is 0.313 e. The normalized spacial score (nSPS) is 28.0. The topological polar surface area (TPSA) is 54.0 Å². The van der Waals surface area contributed by atoms with Gasteiger partial charge in [0.05, 0.1) is 18.8 Å². The molecule has 3 atom stereocenters. The van der Waals surface area contributed by atoms with Crippen molar-refractivity contribution < 1.29 is 23.7 Å². The third-order valence-corrected chi connectivity index (χ3v) is 4.37. The van der Waals surface area contributed by atoms with Gasteiger partial charge < -0.3 is 18.9 Å². The summed E-state index contributed by atoms with van der Waals surface area (Å²) in [6.07, 6.45) is -1.22. The number of ether oxygens (including phenoxy) is 4. The van der Waals surface area contributed by atoms with Crippen LogP contribution in [-0.2, 0) is 31.5 Å². The second-order valence-corrected chi connectivity index (χ2v) is 5.87. The van der Waals surface area contributed by atoms with Crippen molar-refractivity contribution in [1.82, 2.24) is 0 Å². The van der Waals surface area contributed by atoms with E-state index in [9.17, 15) is 4.79 Å². The first kappa shape index (κ1) is 15.5. The van der Waals surface area contributed by atoms with Crippen molar-refractivity contribution in [2.24, 2.45) is 0 Å². The molecule has 124 valence electrons. The monoisotopic (exact) mass is 326 g/mol. The maximum absolute atomic E-state index is 12.7. The van der Waals surface area contributed by atoms with Crippen molar-refractivity contribution in [2.45, 2.75) is 24.8 Å². The Morgan fingerprint density at radius 3 is 2.58 bits per heavy atom. The Balaban J connectivity index is 1.51. The largest absolute Gasteiger partial charge is 0.374 e. The number of rotatable bonds is 5. The molecule has 5 heteroatoms. The second kappa shape index (κ2) is 6.11. The van der Waals surface area contributed by atoms with Crippen LogP contribution in [0.1, 0.15) is 21.5 Å². The lowest BCUT2D eigenvalue weighted by Gasteiger charge is -2.30. The molecule has 4 rings (SSSR count). The molecule has 0 unspecified atom stereocenters. The van der Waals surface area contributed by atoms with Gasteiger partial charge in [-0.25, -0.2) is 0 Å². The van der Waals surface area contributed by atoms with E-state index in [1.165, 1.54) is 7.11 Å². The van der Waals surface area contributed by atoms with Gasteiger partial charge in [0.25, 0.3) is 0 Å². The zero-order chi connectivity index (χ0) is 16.6. The van der Waals surface area contributed by atoms with E-state index >= 15 is 0 Å². The fourth-order valence-corrected chi connectivity index (χ4v) is 3.19. The third-order valence-electron chi connectivity index (χ3n) is 4.37. The minimum Gasteiger partial charge on any atom is -0.374 e. The zero-order valence-electron chi connectivity index (χ0n) is 13.3. The Kier molecular flexibility index (Phi) is 3.94. The highest BCUT2D eigenvalue weighted by molar-refractivity contribution is 6.02. The predicted octanol–water partition coefficient (Wildman–Crippen LogP) is 2.64. The highest BCUT2D eigenvalue weighted by Gasteiger charge is 2.57. The van der Waals surface area contributed by atoms with Gasteiger partial charge in [-0.1, -0.05) is 54.6 Å². The summed E-state index contributed by atoms with van der Waals surface area (Å²) < 4.78 is 23.0. The van der Waals surface area contributed by atoms with Gasteiger partial charge in [-0.15, -0.1) is 0 Å². The molecule has 2 aliphatic rings. The Morgan fingerprint density at radius 1 is 1.04 bits per heavy atom. The van der Waals surface area contributed by atoms with Crippen LogP contribution in [0.4, 0.5) is 0 Å². The van der Waals surface area contributed by atoms with Crippen molar-refractivity contribution in [2.75, 3.05) is 13.7 Å². The number of hydrogen-bond donors (Lipinski definition) is 0. The van der Waals surface area contributed by atoms with E-state index < -0.39 is 18.2 Å². The molecule has 0 aromatic heterocycles. The number of methoxy groups -OCH3 is 1. The van der Waals surface area contributed by atoms with E-state index in [2.05, 4.69) is 0 Å². The number of Topliss-reactive ketones (excluding diaryl/α,β-unsaturated/α-hetero) is 1. The summed E-state index contributed by atoms with van der Waals surface area (Å²) in [6, 6.07) is 17.1. The summed E-state index contributed by atoms with van der Waals surface area (Å²) in [4.78, 5) is 12.7. The average Bonchev–Trinajstić information content (AvgIpc) is 2.98. The number of ketones is 1. The van der Waals surface area contributed by atoms with Crippen molar-refractivity contribution in [3.8, 4) is 0 Å². The highest BCUT2D eigenvalue weighted by atomic mass is 16.9. The van der Waals surface area contributed by atoms with Gasteiger partial charge in [0.15, 0.2) is 11.9 Å². The molecular formula is C19H18O5. The Hall–Kier alpha value is -2.05. The zero-order valence-corrected chi connectivity index (χ0v) is 13.3. The lowest BCUT2D eigenvalue weighted by atomic mass is 9.95. The fraction of sp³-hybridized carbons (Fsp3) is 0.316. The molecule has 2 heterocycles. The average molecular weight is 326 g/mol. The summed E-state index contributed by atoms with van der Waals surface area (Å²) in [5.41, 5.74) is 2.26. The van der Waals surface area contributed by atoms with Gasteiger partial charge >= 0.3 is 5.97 Å². The van der Waals surface area contributed by atoms with Gasteiger partial charge in [-0.3, -0.25) is 4.79 Å². The van der Waals surface area contributed by atoms with E-state index in [0.29, 0.717) is 17.7 Å². The Bertz CT molecular complexity index is 744. The lowest BCUT2D eigenvalue weighted by molar-refractivity contribution is -0.344. The Morgan fingerprint density at radius 2 is 1.79 bits per heavy atom. The van der Waals surface area contributed by atoms with Crippen LogP contribution >= 0.6 is 0 Å². The van der Waals surface area contributed by atoms with Gasteiger partial charge in [0, 0.05) is 12.7 Å². The fourth-order valence-electron chi connectivity index (χ4n) is 3.19. The summed E-state index contributed by atoms with van der Waals surface area (Å²) in [5, 5.41) is 0. The van der Waals surface area contributed by atoms with Crippen molar-refractivity contribution in [3.63, 3.8) is 0 Å². The number of carbonyl (C=O) groups excluding carboxylic acids is 1. The van der Waals surface area contributed by atoms with E-state index in [-0.39, 0.29) is 12.4 Å². The van der Waals surface area contributed by atoms with Crippen LogP contribution in [0.15, 0.2) is 54.6 Å². The minimum atomic E-state index is -1.32. The van der Waals surface area contributed by atoms with Crippen LogP contribution in [0.2, 0.25) is 0 Å². The standard InChI is InChI=1S/C19H18O5/c1-21-19-15-10-6-5-9-14(15)17(20)18(24-19)16(23-19)12-22-11-13-7-3-2-4-8-13/h2-10,16,18H,11-12H2,1H3/t16-,18+,19-/m0/s1. The molecule has 1 fully saturated rings. The molecule has 2 aromatic rings. The van der Waals surface area contributed by atoms with E-state index in [4.69, 9.17) is 18.9 Å². The van der Waals surface area contributed by atoms with Gasteiger partial charge in [0.1, 0.15) is 6.10 Å². The van der Waals surface area contributed by atoms with Crippen LogP contribution in [-0.4, -0.2) is 31.7 Å². The van der Waals surface area contributed by atoms with E-state index in [1.54, 1.807) is 12.1 Å². The van der Waals surface area contributed by atoms with Gasteiger partial charge in [-0.2, -0.15) is 0 Å². The first-order valence-corrected chi connectivity index (χ1v) is 7.90. The highest BCUT2D eigenvalue weighted by Crippen LogP contribution is 2.45. The lowest BCUT2D eigenvalue weighted by Crippen LogP contribution is -2.40. The molecular weight excluding hydrogens is 308 g/mol. The summed E-state index contributed by atoms with van der Waals surface area (Å²) in [7, 11) is 1.51. The Labute approximate surface area is 140 Å². The van der Waals surface area contributed by atoms with Crippen LogP contribution < -0.4 is 0 Å².